The van der Waals surface area contributed by atoms with Crippen LogP contribution in [0.5, 0.6) is 0 Å². The highest BCUT2D eigenvalue weighted by Crippen LogP contribution is 2.33. The van der Waals surface area contributed by atoms with Crippen molar-refractivity contribution in [2.75, 3.05) is 4.72 Å². The maximum Gasteiger partial charge on any atom is 0.254 e. The quantitative estimate of drug-likeness (QED) is 0.749. The van der Waals surface area contributed by atoms with E-state index in [1.54, 1.807) is 6.07 Å². The van der Waals surface area contributed by atoms with Gasteiger partial charge in [0, 0.05) is 27.7 Å². The van der Waals surface area contributed by atoms with Crippen LogP contribution in [0.3, 0.4) is 0 Å². The fourth-order valence-corrected chi connectivity index (χ4v) is 3.28. The Labute approximate surface area is 135 Å². The van der Waals surface area contributed by atoms with E-state index < -0.39 is 10.0 Å². The Morgan fingerprint density at radius 2 is 1.87 bits per heavy atom. The molecule has 118 valence electrons. The van der Waals surface area contributed by atoms with Crippen molar-refractivity contribution < 1.29 is 8.42 Å². The Morgan fingerprint density at radius 3 is 2.61 bits per heavy atom. The number of hydrogen-bond donors (Lipinski definition) is 2. The van der Waals surface area contributed by atoms with Crippen LogP contribution in [0.25, 0.3) is 22.0 Å². The maximum absolute atomic E-state index is 11.7. The summed E-state index contributed by atoms with van der Waals surface area (Å²) in [4.78, 5) is 3.37. The normalized spacial score (nSPS) is 11.6. The molecule has 0 saturated carbocycles. The predicted molar refractivity (Wildman–Crippen MR) is 95.9 cm³/mol. The lowest BCUT2D eigenvalue weighted by Crippen LogP contribution is -2.08. The lowest BCUT2D eigenvalue weighted by atomic mass is 9.99. The van der Waals surface area contributed by atoms with Gasteiger partial charge in [0.15, 0.2) is 0 Å². The molecule has 3 rings (SSSR count). The molecule has 0 spiro atoms. The van der Waals surface area contributed by atoms with Gasteiger partial charge in [-0.2, -0.15) is 0 Å². The zero-order valence-corrected chi connectivity index (χ0v) is 13.9. The van der Waals surface area contributed by atoms with Gasteiger partial charge in [-0.15, -0.1) is 0 Å². The third-order valence-corrected chi connectivity index (χ3v) is 4.94. The zero-order valence-electron chi connectivity index (χ0n) is 13.1. The Morgan fingerprint density at radius 1 is 1.13 bits per heavy atom. The van der Waals surface area contributed by atoms with Crippen molar-refractivity contribution in [1.82, 2.24) is 4.98 Å². The molecule has 0 radical (unpaired) electrons. The van der Waals surface area contributed by atoms with Gasteiger partial charge in [-0.25, -0.2) is 8.42 Å². The summed E-state index contributed by atoms with van der Waals surface area (Å²) in [6.45, 7) is 7.44. The first-order chi connectivity index (χ1) is 10.9. The largest absolute Gasteiger partial charge is 0.358 e. The Hall–Kier alpha value is -2.53. The number of fused-ring (bicyclic) bond motifs is 1. The number of sulfonamides is 1. The molecule has 0 saturated heterocycles. The van der Waals surface area contributed by atoms with Crippen molar-refractivity contribution in [2.24, 2.45) is 0 Å². The molecule has 0 aliphatic heterocycles. The summed E-state index contributed by atoms with van der Waals surface area (Å²) in [6.07, 6.45) is 0. The molecule has 1 heterocycles. The fourth-order valence-electron chi connectivity index (χ4n) is 2.74. The van der Waals surface area contributed by atoms with Crippen LogP contribution in [-0.4, -0.2) is 13.4 Å². The second-order valence-corrected chi connectivity index (χ2v) is 7.13. The molecule has 4 nitrogen and oxygen atoms in total. The first kappa shape index (κ1) is 15.4. The molecule has 23 heavy (non-hydrogen) atoms. The summed E-state index contributed by atoms with van der Waals surface area (Å²) >= 11 is 0. The molecule has 0 atom stereocenters. The van der Waals surface area contributed by atoms with Gasteiger partial charge in [-0.3, -0.25) is 4.72 Å². The molecule has 0 aliphatic carbocycles. The molecule has 2 N–H and O–H groups in total. The van der Waals surface area contributed by atoms with E-state index in [1.165, 1.54) is 5.56 Å². The summed E-state index contributed by atoms with van der Waals surface area (Å²) < 4.78 is 25.8. The van der Waals surface area contributed by atoms with Gasteiger partial charge in [0.1, 0.15) is 0 Å². The van der Waals surface area contributed by atoms with Crippen LogP contribution in [-0.2, 0) is 10.0 Å². The third kappa shape index (κ3) is 2.87. The summed E-state index contributed by atoms with van der Waals surface area (Å²) in [5, 5.41) is 2.06. The van der Waals surface area contributed by atoms with Gasteiger partial charge < -0.3 is 4.98 Å². The number of nitrogens with one attached hydrogen (secondary N) is 2. The van der Waals surface area contributed by atoms with Crippen molar-refractivity contribution in [1.29, 1.82) is 0 Å². The number of rotatable bonds is 4. The number of aryl methyl sites for hydroxylation is 2. The number of hydrogen-bond acceptors (Lipinski definition) is 2. The van der Waals surface area contributed by atoms with Gasteiger partial charge >= 0.3 is 0 Å². The maximum atomic E-state index is 11.7. The van der Waals surface area contributed by atoms with E-state index in [-0.39, 0.29) is 0 Å². The van der Waals surface area contributed by atoms with Crippen molar-refractivity contribution in [3.63, 3.8) is 0 Å². The van der Waals surface area contributed by atoms with Crippen molar-refractivity contribution in [3.8, 4) is 11.1 Å². The smallest absolute Gasteiger partial charge is 0.254 e. The number of aromatic amines is 1. The van der Waals surface area contributed by atoms with Gasteiger partial charge in [0.05, 0.1) is 0 Å². The van der Waals surface area contributed by atoms with Crippen LogP contribution in [0.15, 0.2) is 54.5 Å². The third-order valence-electron chi connectivity index (χ3n) is 3.98. The Bertz CT molecular complexity index is 1000. The summed E-state index contributed by atoms with van der Waals surface area (Å²) in [5.41, 5.74) is 5.97. The minimum absolute atomic E-state index is 0.518. The molecule has 0 fully saturated rings. The van der Waals surface area contributed by atoms with Crippen LogP contribution in [0.2, 0.25) is 0 Å². The fraction of sp³-hybridized carbons (Fsp3) is 0.111. The lowest BCUT2D eigenvalue weighted by molar-refractivity contribution is 0.609. The first-order valence-electron chi connectivity index (χ1n) is 7.25. The topological polar surface area (TPSA) is 62.0 Å². The Balaban J connectivity index is 2.15. The van der Waals surface area contributed by atoms with E-state index in [0.717, 1.165) is 33.1 Å². The monoisotopic (exact) mass is 326 g/mol. The van der Waals surface area contributed by atoms with E-state index in [4.69, 9.17) is 0 Å². The first-order valence-corrected chi connectivity index (χ1v) is 8.79. The molecule has 5 heteroatoms. The van der Waals surface area contributed by atoms with E-state index >= 15 is 0 Å². The molecule has 2 aromatic carbocycles. The highest BCUT2D eigenvalue weighted by Gasteiger charge is 2.11. The molecule has 0 amide bonds. The molecular formula is C18H18N2O2S. The number of H-pyrrole nitrogens is 1. The summed E-state index contributed by atoms with van der Waals surface area (Å²) in [5.74, 6) is 0. The molecule has 0 unspecified atom stereocenters. The summed E-state index contributed by atoms with van der Waals surface area (Å²) in [7, 11) is -3.51. The van der Waals surface area contributed by atoms with Crippen LogP contribution in [0.1, 0.15) is 11.3 Å². The van der Waals surface area contributed by atoms with Gasteiger partial charge in [-0.1, -0.05) is 30.8 Å². The van der Waals surface area contributed by atoms with Crippen LogP contribution >= 0.6 is 0 Å². The van der Waals surface area contributed by atoms with Crippen LogP contribution in [0, 0.1) is 13.8 Å². The number of anilines is 1. The van der Waals surface area contributed by atoms with Gasteiger partial charge in [0.25, 0.3) is 10.0 Å². The molecule has 1 aromatic heterocycles. The van der Waals surface area contributed by atoms with Gasteiger partial charge in [-0.05, 0) is 48.7 Å². The minimum Gasteiger partial charge on any atom is -0.358 e. The molecular weight excluding hydrogens is 308 g/mol. The standard InChI is InChI=1S/C18H18N2O2S/c1-4-23(21,22)20-15-8-5-7-14(11-15)16-9-6-10-17-18(16)12(2)13(3)19-17/h4-11,19-20H,1H2,2-3H3. The predicted octanol–water partition coefficient (Wildman–Crippen LogP) is 4.34. The molecule has 0 aliphatic rings. The number of aromatic nitrogens is 1. The van der Waals surface area contributed by atoms with Crippen molar-refractivity contribution in [2.45, 2.75) is 13.8 Å². The van der Waals surface area contributed by atoms with Crippen molar-refractivity contribution >= 4 is 26.6 Å². The second kappa shape index (κ2) is 5.59. The zero-order chi connectivity index (χ0) is 16.6. The van der Waals surface area contributed by atoms with Crippen LogP contribution in [0.4, 0.5) is 5.69 Å². The lowest BCUT2D eigenvalue weighted by Gasteiger charge is -2.09. The summed E-state index contributed by atoms with van der Waals surface area (Å²) in [6, 6.07) is 13.4. The van der Waals surface area contributed by atoms with E-state index in [0.29, 0.717) is 5.69 Å². The average molecular weight is 326 g/mol. The van der Waals surface area contributed by atoms with E-state index in [2.05, 4.69) is 23.2 Å². The SMILES string of the molecule is C=CS(=O)(=O)Nc1cccc(-c2cccc3[nH]c(C)c(C)c23)c1. The Kier molecular flexibility index (Phi) is 3.74. The molecule has 3 aromatic rings. The average Bonchev–Trinajstić information content (AvgIpc) is 2.82. The highest BCUT2D eigenvalue weighted by atomic mass is 32.2. The minimum atomic E-state index is -3.51. The van der Waals surface area contributed by atoms with Gasteiger partial charge in [0.2, 0.25) is 0 Å². The molecule has 0 bridgehead atoms. The van der Waals surface area contributed by atoms with Crippen molar-refractivity contribution in [3.05, 3.63) is 65.7 Å². The van der Waals surface area contributed by atoms with E-state index in [1.807, 2.05) is 43.3 Å². The second-order valence-electron chi connectivity index (χ2n) is 5.50. The van der Waals surface area contributed by atoms with Crippen LogP contribution < -0.4 is 4.72 Å². The van der Waals surface area contributed by atoms with E-state index in [9.17, 15) is 8.42 Å². The highest BCUT2D eigenvalue weighted by molar-refractivity contribution is 7.95. The number of benzene rings is 2.